The molecule has 0 unspecified atom stereocenters. The van der Waals surface area contributed by atoms with Crippen molar-refractivity contribution in [2.24, 2.45) is 0 Å². The summed E-state index contributed by atoms with van der Waals surface area (Å²) in [7, 11) is 0. The second-order valence-corrected chi connectivity index (χ2v) is 2.48. The van der Waals surface area contributed by atoms with Crippen LogP contribution in [0.1, 0.15) is 13.8 Å². The second-order valence-electron chi connectivity index (χ2n) is 2.48. The summed E-state index contributed by atoms with van der Waals surface area (Å²) in [6.07, 6.45) is 1.39. The monoisotopic (exact) mass is 371 g/mol. The number of nitro groups is 1. The van der Waals surface area contributed by atoms with E-state index in [-0.39, 0.29) is 55.1 Å². The van der Waals surface area contributed by atoms with Gasteiger partial charge in [0, 0.05) is 39.4 Å². The maximum Gasteiger partial charge on any atom is 3.00 e. The first-order valence-electron chi connectivity index (χ1n) is 4.21. The molecule has 104 valence electrons. The molecule has 0 saturated carbocycles. The van der Waals surface area contributed by atoms with Gasteiger partial charge in [-0.05, 0) is 16.0 Å². The fourth-order valence-electron chi connectivity index (χ4n) is 0.462. The molecular weight excluding hydrogens is 360 g/mol. The Labute approximate surface area is 145 Å². The zero-order chi connectivity index (χ0) is 13.8. The van der Waals surface area contributed by atoms with E-state index in [2.05, 4.69) is 4.98 Å². The van der Waals surface area contributed by atoms with Gasteiger partial charge >= 0.3 is 23.2 Å². The summed E-state index contributed by atoms with van der Waals surface area (Å²) >= 11 is 0. The summed E-state index contributed by atoms with van der Waals surface area (Å²) in [6.45, 7) is 2.17. The van der Waals surface area contributed by atoms with Gasteiger partial charge in [0.15, 0.2) is 0 Å². The molecular formula is C9H13AlClN2O6Zn+3. The third kappa shape index (κ3) is 36.0. The van der Waals surface area contributed by atoms with Crippen LogP contribution in [0.5, 0.6) is 0 Å². The number of aromatic nitrogens is 1. The van der Waals surface area contributed by atoms with E-state index in [1.807, 2.05) is 0 Å². The van der Waals surface area contributed by atoms with Crippen molar-refractivity contribution in [1.29, 1.82) is 0 Å². The Balaban J connectivity index is -0.0000000597. The summed E-state index contributed by atoms with van der Waals surface area (Å²) in [5.74, 6) is -1.78. The molecule has 0 spiro atoms. The maximum absolute atomic E-state index is 9.94. The number of carboxylic acids is 2. The maximum atomic E-state index is 9.94. The number of hydrogen-bond donors (Lipinski definition) is 2. The van der Waals surface area contributed by atoms with E-state index in [9.17, 15) is 10.1 Å². The van der Waals surface area contributed by atoms with Crippen LogP contribution in [0.15, 0.2) is 24.4 Å². The van der Waals surface area contributed by atoms with Gasteiger partial charge in [-0.15, -0.1) is 12.4 Å². The van der Waals surface area contributed by atoms with Crippen molar-refractivity contribution >= 4 is 47.5 Å². The normalized spacial score (nSPS) is 6.50. The standard InChI is InChI=1S/C5H4N2O2.2C2H4O2.Al.ClH.Zn/c8-7(9)5-3-1-2-4-6-5;2*1-2(3)4;;;/h1-4H;2*1H3,(H,3,4);;1H;/q;;;+3;;. The fraction of sp³-hybridized carbons (Fsp3) is 0.222. The minimum absolute atomic E-state index is 0. The summed E-state index contributed by atoms with van der Waals surface area (Å²) in [4.78, 5) is 30.9. The van der Waals surface area contributed by atoms with Gasteiger partial charge in [-0.3, -0.25) is 9.59 Å². The van der Waals surface area contributed by atoms with Crippen LogP contribution in [-0.4, -0.2) is 49.4 Å². The first-order chi connectivity index (χ1) is 7.77. The van der Waals surface area contributed by atoms with Crippen LogP contribution in [0.3, 0.4) is 0 Å². The third-order valence-electron chi connectivity index (χ3n) is 0.836. The molecule has 1 rings (SSSR count). The zero-order valence-corrected chi connectivity index (χ0v) is 15.9. The van der Waals surface area contributed by atoms with Crippen molar-refractivity contribution in [3.05, 3.63) is 34.5 Å². The van der Waals surface area contributed by atoms with Gasteiger partial charge in [0.1, 0.15) is 6.20 Å². The van der Waals surface area contributed by atoms with Gasteiger partial charge in [-0.1, -0.05) is 6.07 Å². The van der Waals surface area contributed by atoms with Crippen LogP contribution in [0.2, 0.25) is 0 Å². The van der Waals surface area contributed by atoms with E-state index < -0.39 is 16.9 Å². The number of nitrogens with zero attached hydrogens (tertiary/aromatic N) is 2. The number of carboxylic acid groups (broad SMARTS) is 2. The van der Waals surface area contributed by atoms with E-state index in [0.717, 1.165) is 13.8 Å². The van der Waals surface area contributed by atoms with Gasteiger partial charge in [0.05, 0.1) is 0 Å². The third-order valence-corrected chi connectivity index (χ3v) is 0.836. The molecule has 0 aromatic carbocycles. The molecule has 0 amide bonds. The average Bonchev–Trinajstić information content (AvgIpc) is 2.17. The topological polar surface area (TPSA) is 131 Å². The predicted octanol–water partition coefficient (Wildman–Crippen LogP) is 1.21. The summed E-state index contributed by atoms with van der Waals surface area (Å²) < 4.78 is 0. The van der Waals surface area contributed by atoms with Gasteiger partial charge in [0.25, 0.3) is 11.9 Å². The molecule has 0 radical (unpaired) electrons. The molecule has 1 aromatic heterocycles. The Morgan fingerprint density at radius 2 is 1.55 bits per heavy atom. The van der Waals surface area contributed by atoms with Gasteiger partial charge in [-0.2, -0.15) is 0 Å². The van der Waals surface area contributed by atoms with Crippen molar-refractivity contribution in [1.82, 2.24) is 4.98 Å². The van der Waals surface area contributed by atoms with Crippen molar-refractivity contribution in [2.45, 2.75) is 13.8 Å². The molecule has 0 aliphatic heterocycles. The van der Waals surface area contributed by atoms with E-state index in [1.165, 1.54) is 12.3 Å². The Morgan fingerprint density at radius 1 is 1.20 bits per heavy atom. The number of halogens is 1. The number of aliphatic carboxylic acids is 2. The largest absolute Gasteiger partial charge is 3.00 e. The quantitative estimate of drug-likeness (QED) is 0.430. The Kier molecular flexibility index (Phi) is 31.8. The van der Waals surface area contributed by atoms with Crippen LogP contribution < -0.4 is 0 Å². The number of carbonyl (C=O) groups is 2. The molecule has 0 aliphatic carbocycles. The molecule has 0 aliphatic rings. The first-order valence-corrected chi connectivity index (χ1v) is 4.21. The van der Waals surface area contributed by atoms with Gasteiger partial charge in [-0.25, -0.2) is 0 Å². The first kappa shape index (κ1) is 31.4. The smallest absolute Gasteiger partial charge is 0.481 e. The molecule has 0 fully saturated rings. The summed E-state index contributed by atoms with van der Waals surface area (Å²) in [5.41, 5.74) is 0. The molecule has 1 aromatic rings. The summed E-state index contributed by atoms with van der Waals surface area (Å²) in [6, 6.07) is 4.55. The fourth-order valence-corrected chi connectivity index (χ4v) is 0.462. The molecule has 0 atom stereocenters. The molecule has 0 saturated heterocycles. The van der Waals surface area contributed by atoms with E-state index in [4.69, 9.17) is 19.8 Å². The van der Waals surface area contributed by atoms with Crippen LogP contribution >= 0.6 is 12.4 Å². The number of rotatable bonds is 1. The number of pyridine rings is 1. The minimum Gasteiger partial charge on any atom is -0.481 e. The van der Waals surface area contributed by atoms with Crippen molar-refractivity contribution < 1.29 is 44.2 Å². The van der Waals surface area contributed by atoms with Crippen LogP contribution in [-0.2, 0) is 29.1 Å². The van der Waals surface area contributed by atoms with Crippen LogP contribution in [0.25, 0.3) is 0 Å². The van der Waals surface area contributed by atoms with Crippen molar-refractivity contribution in [2.75, 3.05) is 0 Å². The molecule has 11 heteroatoms. The Bertz CT molecular complexity index is 362. The Morgan fingerprint density at radius 3 is 1.70 bits per heavy atom. The van der Waals surface area contributed by atoms with Gasteiger partial charge < -0.3 is 20.3 Å². The second kappa shape index (κ2) is 20.3. The summed E-state index contributed by atoms with van der Waals surface area (Å²) in [5, 5.41) is 24.8. The average molecular weight is 373 g/mol. The predicted molar refractivity (Wildman–Crippen MR) is 70.5 cm³/mol. The van der Waals surface area contributed by atoms with Gasteiger partial charge in [0.2, 0.25) is 0 Å². The van der Waals surface area contributed by atoms with Crippen molar-refractivity contribution in [3.8, 4) is 0 Å². The minimum atomic E-state index is -0.833. The van der Waals surface area contributed by atoms with Crippen LogP contribution in [0, 0.1) is 10.1 Å². The van der Waals surface area contributed by atoms with E-state index in [0.29, 0.717) is 0 Å². The zero-order valence-electron chi connectivity index (χ0n) is 10.9. The molecule has 2 N–H and O–H groups in total. The molecule has 1 heterocycles. The molecule has 20 heavy (non-hydrogen) atoms. The molecule has 8 nitrogen and oxygen atoms in total. The van der Waals surface area contributed by atoms with E-state index >= 15 is 0 Å². The SMILES string of the molecule is CC(=O)O.CC(=O)O.Cl.O=[N+]([O-])c1ccccn1.[Al+3].[Zn]. The number of hydrogen-bond acceptors (Lipinski definition) is 5. The molecule has 0 bridgehead atoms. The van der Waals surface area contributed by atoms with Crippen molar-refractivity contribution in [3.63, 3.8) is 0 Å². The Hall–Kier alpha value is -1.06. The van der Waals surface area contributed by atoms with E-state index in [1.54, 1.807) is 12.1 Å². The van der Waals surface area contributed by atoms with Crippen LogP contribution in [0.4, 0.5) is 5.82 Å².